The Morgan fingerprint density at radius 2 is 1.93 bits per heavy atom. The second kappa shape index (κ2) is 8.61. The number of H-pyrrole nitrogens is 1. The van der Waals surface area contributed by atoms with Crippen LogP contribution >= 0.6 is 11.6 Å². The van der Waals surface area contributed by atoms with Gasteiger partial charge in [0.05, 0.1) is 23.9 Å². The Morgan fingerprint density at radius 3 is 2.43 bits per heavy atom. The van der Waals surface area contributed by atoms with Crippen LogP contribution in [0.5, 0.6) is 5.75 Å². The Balaban J connectivity index is 2.57. The van der Waals surface area contributed by atoms with Crippen molar-refractivity contribution in [2.24, 2.45) is 0 Å². The van der Waals surface area contributed by atoms with Gasteiger partial charge in [-0.15, -0.1) is 0 Å². The van der Waals surface area contributed by atoms with E-state index in [2.05, 4.69) is 0 Å². The van der Waals surface area contributed by atoms with Crippen LogP contribution in [-0.2, 0) is 15.7 Å². The van der Waals surface area contributed by atoms with E-state index in [1.54, 1.807) is 0 Å². The molecule has 0 bridgehead atoms. The molecule has 0 saturated carbocycles. The van der Waals surface area contributed by atoms with E-state index in [1.807, 2.05) is 0 Å². The summed E-state index contributed by atoms with van der Waals surface area (Å²) >= 11 is 5.89. The summed E-state index contributed by atoms with van der Waals surface area (Å²) in [4.78, 5) is 36.3. The highest BCUT2D eigenvalue weighted by Gasteiger charge is 2.33. The molecule has 2 aromatic rings. The van der Waals surface area contributed by atoms with Gasteiger partial charge in [0.1, 0.15) is 23.0 Å². The second-order valence-electron chi connectivity index (χ2n) is 5.74. The van der Waals surface area contributed by atoms with Crippen LogP contribution in [0.3, 0.4) is 0 Å². The molecule has 1 atom stereocenters. The molecule has 0 aliphatic carbocycles. The van der Waals surface area contributed by atoms with Gasteiger partial charge in [0.15, 0.2) is 6.10 Å². The van der Waals surface area contributed by atoms with E-state index in [0.29, 0.717) is 12.1 Å². The lowest BCUT2D eigenvalue weighted by atomic mass is 10.2. The number of carboxylic acid groups (broad SMARTS) is 1. The first-order valence-corrected chi connectivity index (χ1v) is 8.31. The summed E-state index contributed by atoms with van der Waals surface area (Å²) in [6.07, 6.45) is -5.34. The largest absolute Gasteiger partial charge is 0.497 e. The smallest absolute Gasteiger partial charge is 0.431 e. The number of nitrogens with one attached hydrogen (secondary N) is 1. The van der Waals surface area contributed by atoms with Crippen LogP contribution in [0, 0.1) is 5.82 Å². The van der Waals surface area contributed by atoms with Gasteiger partial charge in [0, 0.05) is 12.1 Å². The number of carbonyl (C=O) groups is 1. The molecule has 1 unspecified atom stereocenters. The van der Waals surface area contributed by atoms with Crippen molar-refractivity contribution >= 4 is 17.6 Å². The zero-order chi connectivity index (χ0) is 22.8. The Morgan fingerprint density at radius 1 is 1.30 bits per heavy atom. The number of ether oxygens (including phenoxy) is 2. The van der Waals surface area contributed by atoms with Gasteiger partial charge in [-0.05, 0) is 13.0 Å². The fourth-order valence-electron chi connectivity index (χ4n) is 2.37. The van der Waals surface area contributed by atoms with Crippen molar-refractivity contribution in [1.29, 1.82) is 0 Å². The van der Waals surface area contributed by atoms with Crippen LogP contribution in [0.25, 0.3) is 5.69 Å². The van der Waals surface area contributed by atoms with E-state index in [0.717, 1.165) is 6.07 Å². The Bertz CT molecular complexity index is 1090. The molecule has 0 saturated heterocycles. The molecule has 1 heterocycles. The molecule has 0 spiro atoms. The van der Waals surface area contributed by atoms with E-state index in [1.165, 1.54) is 19.0 Å². The summed E-state index contributed by atoms with van der Waals surface area (Å²) < 4.78 is 63.0. The number of alkyl halides is 3. The molecule has 8 nitrogen and oxygen atoms in total. The van der Waals surface area contributed by atoms with Crippen molar-refractivity contribution < 1.29 is 36.9 Å². The van der Waals surface area contributed by atoms with Gasteiger partial charge in [-0.1, -0.05) is 11.6 Å². The van der Waals surface area contributed by atoms with Gasteiger partial charge in [0.2, 0.25) is 0 Å². The SMILES string of the molecule is CO/C(=C\C(=O)O)C(C)Oc1cc(-n2c(=O)cc(C(F)(F)F)[nH]c2=O)c(F)cc1Cl. The molecule has 30 heavy (non-hydrogen) atoms. The minimum Gasteiger partial charge on any atom is -0.497 e. The average Bonchev–Trinajstić information content (AvgIpc) is 2.61. The fourth-order valence-corrected chi connectivity index (χ4v) is 2.56. The minimum absolute atomic E-state index is 0.0945. The number of hydrogen-bond acceptors (Lipinski definition) is 5. The monoisotopic (exact) mass is 452 g/mol. The predicted octanol–water partition coefficient (Wildman–Crippen LogP) is 2.72. The van der Waals surface area contributed by atoms with E-state index in [-0.39, 0.29) is 27.2 Å². The lowest BCUT2D eigenvalue weighted by Gasteiger charge is -2.18. The number of halogens is 5. The summed E-state index contributed by atoms with van der Waals surface area (Å²) in [5, 5.41) is 8.50. The number of aliphatic carboxylic acids is 1. The number of aromatic amines is 1. The first-order valence-electron chi connectivity index (χ1n) is 7.93. The summed E-state index contributed by atoms with van der Waals surface area (Å²) in [6.45, 7) is 1.37. The molecular formula is C17H13ClF4N2O6. The van der Waals surface area contributed by atoms with Gasteiger partial charge < -0.3 is 19.6 Å². The maximum Gasteiger partial charge on any atom is 0.431 e. The first kappa shape index (κ1) is 23.0. The highest BCUT2D eigenvalue weighted by molar-refractivity contribution is 6.32. The highest BCUT2D eigenvalue weighted by Crippen LogP contribution is 2.31. The molecule has 0 aliphatic heterocycles. The molecule has 0 radical (unpaired) electrons. The minimum atomic E-state index is -4.99. The fraction of sp³-hybridized carbons (Fsp3) is 0.235. The summed E-state index contributed by atoms with van der Waals surface area (Å²) in [5.41, 5.74) is -5.33. The van der Waals surface area contributed by atoms with Crippen molar-refractivity contribution in [2.45, 2.75) is 19.2 Å². The van der Waals surface area contributed by atoms with Gasteiger partial charge >= 0.3 is 17.8 Å². The number of methoxy groups -OCH3 is 1. The molecular weight excluding hydrogens is 440 g/mol. The number of hydrogen-bond donors (Lipinski definition) is 2. The number of nitrogens with zero attached hydrogens (tertiary/aromatic N) is 1. The maximum absolute atomic E-state index is 14.4. The third-order valence-electron chi connectivity index (χ3n) is 3.69. The zero-order valence-electron chi connectivity index (χ0n) is 15.2. The quantitative estimate of drug-likeness (QED) is 0.396. The van der Waals surface area contributed by atoms with Crippen LogP contribution in [0.2, 0.25) is 5.02 Å². The molecule has 1 aromatic heterocycles. The first-order chi connectivity index (χ1) is 13.8. The predicted molar refractivity (Wildman–Crippen MR) is 95.4 cm³/mol. The summed E-state index contributed by atoms with van der Waals surface area (Å²) in [6, 6.07) is 1.58. The number of aromatic nitrogens is 2. The Labute approximate surface area is 169 Å². The molecule has 13 heteroatoms. The zero-order valence-corrected chi connectivity index (χ0v) is 16.0. The van der Waals surface area contributed by atoms with Gasteiger partial charge in [0.25, 0.3) is 5.56 Å². The van der Waals surface area contributed by atoms with Crippen molar-refractivity contribution in [2.75, 3.05) is 7.11 Å². The van der Waals surface area contributed by atoms with Crippen molar-refractivity contribution in [3.8, 4) is 11.4 Å². The molecule has 0 amide bonds. The van der Waals surface area contributed by atoms with Crippen LogP contribution < -0.4 is 16.0 Å². The third-order valence-corrected chi connectivity index (χ3v) is 3.98. The average molecular weight is 453 g/mol. The number of carboxylic acids is 1. The van der Waals surface area contributed by atoms with Crippen LogP contribution in [0.1, 0.15) is 12.6 Å². The van der Waals surface area contributed by atoms with Crippen LogP contribution in [-0.4, -0.2) is 33.8 Å². The van der Waals surface area contributed by atoms with Crippen LogP contribution in [0.15, 0.2) is 39.6 Å². The summed E-state index contributed by atoms with van der Waals surface area (Å²) in [7, 11) is 1.17. The van der Waals surface area contributed by atoms with Gasteiger partial charge in [-0.2, -0.15) is 13.2 Å². The van der Waals surface area contributed by atoms with Crippen molar-refractivity contribution in [1.82, 2.24) is 9.55 Å². The van der Waals surface area contributed by atoms with E-state index < -0.39 is 46.7 Å². The number of benzene rings is 1. The lowest BCUT2D eigenvalue weighted by Crippen LogP contribution is -2.36. The topological polar surface area (TPSA) is 111 Å². The van der Waals surface area contributed by atoms with Crippen molar-refractivity contribution in [3.05, 3.63) is 67.4 Å². The van der Waals surface area contributed by atoms with Gasteiger partial charge in [-0.25, -0.2) is 18.5 Å². The van der Waals surface area contributed by atoms with E-state index in [4.69, 9.17) is 26.2 Å². The molecule has 1 aromatic carbocycles. The second-order valence-corrected chi connectivity index (χ2v) is 6.15. The maximum atomic E-state index is 14.4. The molecule has 162 valence electrons. The molecule has 0 fully saturated rings. The summed E-state index contributed by atoms with van der Waals surface area (Å²) in [5.74, 6) is -2.97. The lowest BCUT2D eigenvalue weighted by molar-refractivity contribution is -0.141. The molecule has 0 aliphatic rings. The molecule has 2 N–H and O–H groups in total. The van der Waals surface area contributed by atoms with E-state index >= 15 is 0 Å². The normalized spacial score (nSPS) is 13.1. The van der Waals surface area contributed by atoms with Crippen LogP contribution in [0.4, 0.5) is 17.6 Å². The van der Waals surface area contributed by atoms with Gasteiger partial charge in [-0.3, -0.25) is 4.79 Å². The Kier molecular flexibility index (Phi) is 6.60. The van der Waals surface area contributed by atoms with Crippen molar-refractivity contribution in [3.63, 3.8) is 0 Å². The Hall–Kier alpha value is -3.28. The molecule has 2 rings (SSSR count). The van der Waals surface area contributed by atoms with E-state index in [9.17, 15) is 31.9 Å². The highest BCUT2D eigenvalue weighted by atomic mass is 35.5. The third kappa shape index (κ3) is 5.00. The standard InChI is InChI=1S/C17H13ClF4N2O6/c1-7(11(29-2)5-15(26)27)30-12-4-10(9(19)3-8(12)18)24-14(25)6-13(17(20,21)22)23-16(24)28/h3-7H,1-2H3,(H,23,28)(H,26,27)/b11-5-. The number of rotatable bonds is 6.